The number of amides is 2. The van der Waals surface area contributed by atoms with Crippen molar-refractivity contribution in [2.45, 2.75) is 26.9 Å². The molecule has 11 heteroatoms. The van der Waals surface area contributed by atoms with Gasteiger partial charge in [-0.1, -0.05) is 47.2 Å². The van der Waals surface area contributed by atoms with E-state index in [1.807, 2.05) is 38.1 Å². The Morgan fingerprint density at radius 1 is 1.05 bits per heavy atom. The smallest absolute Gasteiger partial charge is 0.257 e. The lowest BCUT2D eigenvalue weighted by Crippen LogP contribution is -2.19. The zero-order chi connectivity index (χ0) is 28.3. The van der Waals surface area contributed by atoms with Gasteiger partial charge < -0.3 is 9.47 Å². The lowest BCUT2D eigenvalue weighted by atomic mass is 10.1. The van der Waals surface area contributed by atoms with E-state index in [1.54, 1.807) is 42.5 Å². The fourth-order valence-corrected chi connectivity index (χ4v) is 4.24. The lowest BCUT2D eigenvalue weighted by Gasteiger charge is -2.13. The fourth-order valence-electron chi connectivity index (χ4n) is 3.51. The highest BCUT2D eigenvalue weighted by Gasteiger charge is 2.13. The number of aromatic nitrogens is 2. The molecule has 0 radical (unpaired) electrons. The van der Waals surface area contributed by atoms with Crippen molar-refractivity contribution >= 4 is 34.5 Å². The Balaban J connectivity index is 1.30. The van der Waals surface area contributed by atoms with Crippen LogP contribution in [0.5, 0.6) is 11.5 Å². The normalized spacial score (nSPS) is 10.6. The van der Waals surface area contributed by atoms with Gasteiger partial charge in [-0.25, -0.2) is 5.43 Å². The van der Waals surface area contributed by atoms with Crippen LogP contribution in [-0.2, 0) is 17.8 Å². The van der Waals surface area contributed by atoms with Crippen LogP contribution in [0.15, 0.2) is 71.8 Å². The molecule has 4 aromatic rings. The summed E-state index contributed by atoms with van der Waals surface area (Å²) in [6.45, 7) is 4.45. The van der Waals surface area contributed by atoms with Crippen molar-refractivity contribution in [3.05, 3.63) is 99.6 Å². The van der Waals surface area contributed by atoms with Gasteiger partial charge in [0, 0.05) is 11.1 Å². The van der Waals surface area contributed by atoms with Crippen molar-refractivity contribution in [3.8, 4) is 17.6 Å². The van der Waals surface area contributed by atoms with Gasteiger partial charge in [-0.2, -0.15) is 10.4 Å². The largest absolute Gasteiger partial charge is 0.490 e. The van der Waals surface area contributed by atoms with Gasteiger partial charge in [0.15, 0.2) is 11.5 Å². The van der Waals surface area contributed by atoms with Gasteiger partial charge in [-0.15, -0.1) is 10.2 Å². The average Bonchev–Trinajstić information content (AvgIpc) is 3.39. The lowest BCUT2D eigenvalue weighted by molar-refractivity contribution is -0.120. The number of nitrogens with one attached hydrogen (secondary N) is 2. The number of rotatable bonds is 11. The molecule has 0 atom stereocenters. The minimum absolute atomic E-state index is 0.0451. The maximum absolute atomic E-state index is 12.3. The van der Waals surface area contributed by atoms with Crippen LogP contribution in [0.25, 0.3) is 0 Å². The Bertz CT molecular complexity index is 1560. The Labute approximate surface area is 235 Å². The van der Waals surface area contributed by atoms with Gasteiger partial charge in [-0.05, 0) is 55.8 Å². The second kappa shape index (κ2) is 13.6. The molecule has 10 nitrogen and oxygen atoms in total. The highest BCUT2D eigenvalue weighted by Crippen LogP contribution is 2.29. The molecule has 0 aliphatic heterocycles. The van der Waals surface area contributed by atoms with Gasteiger partial charge in [-0.3, -0.25) is 14.9 Å². The molecule has 0 aliphatic rings. The van der Waals surface area contributed by atoms with Crippen LogP contribution in [0.3, 0.4) is 0 Å². The number of carbonyl (C=O) groups is 2. The molecule has 0 saturated carbocycles. The summed E-state index contributed by atoms with van der Waals surface area (Å²) in [5.41, 5.74) is 6.04. The van der Waals surface area contributed by atoms with E-state index in [0.29, 0.717) is 44.9 Å². The number of aryl methyl sites for hydroxylation is 1. The summed E-state index contributed by atoms with van der Waals surface area (Å²) in [4.78, 5) is 24.7. The summed E-state index contributed by atoms with van der Waals surface area (Å²) in [6, 6.07) is 21.8. The number of carbonyl (C=O) groups excluding carboxylic acids is 2. The molecule has 4 rings (SSSR count). The molecule has 0 aliphatic carbocycles. The fraction of sp³-hybridized carbons (Fsp3) is 0.172. The molecule has 1 heterocycles. The van der Waals surface area contributed by atoms with Gasteiger partial charge in [0.25, 0.3) is 5.91 Å². The first-order valence-corrected chi connectivity index (χ1v) is 13.2. The molecular weight excluding hydrogens is 528 g/mol. The summed E-state index contributed by atoms with van der Waals surface area (Å²) < 4.78 is 11.6. The third-order valence-corrected chi connectivity index (χ3v) is 6.34. The van der Waals surface area contributed by atoms with Gasteiger partial charge >= 0.3 is 0 Å². The standard InChI is InChI=1S/C29H26N6O4S/c1-3-38-25-14-20(10-13-24(25)39-18-23-7-5-4-6-22(23)16-30)17-31-33-26(36)15-27-34-35-29(40-27)32-28(37)21-11-8-19(2)9-12-21/h4-14,17H,3,15,18H2,1-2H3,(H,33,36)(H,32,35,37). The third kappa shape index (κ3) is 7.72. The van der Waals surface area contributed by atoms with Crippen LogP contribution in [0, 0.1) is 18.3 Å². The summed E-state index contributed by atoms with van der Waals surface area (Å²) >= 11 is 1.12. The monoisotopic (exact) mass is 554 g/mol. The van der Waals surface area contributed by atoms with E-state index < -0.39 is 0 Å². The average molecular weight is 555 g/mol. The summed E-state index contributed by atoms with van der Waals surface area (Å²) in [5.74, 6) is 0.357. The molecule has 0 unspecified atom stereocenters. The number of hydrazone groups is 1. The van der Waals surface area contributed by atoms with E-state index in [4.69, 9.17) is 9.47 Å². The van der Waals surface area contributed by atoms with E-state index in [0.717, 1.165) is 22.5 Å². The minimum atomic E-state index is -0.384. The Kier molecular flexibility index (Phi) is 9.53. The summed E-state index contributed by atoms with van der Waals surface area (Å²) in [5, 5.41) is 24.6. The van der Waals surface area contributed by atoms with Crippen molar-refractivity contribution in [3.63, 3.8) is 0 Å². The van der Waals surface area contributed by atoms with Crippen molar-refractivity contribution in [2.24, 2.45) is 5.10 Å². The van der Waals surface area contributed by atoms with Crippen molar-refractivity contribution in [1.82, 2.24) is 15.6 Å². The third-order valence-electron chi connectivity index (χ3n) is 5.50. The highest BCUT2D eigenvalue weighted by atomic mass is 32.1. The summed E-state index contributed by atoms with van der Waals surface area (Å²) in [7, 11) is 0. The van der Waals surface area contributed by atoms with Crippen LogP contribution in [0.2, 0.25) is 0 Å². The molecule has 202 valence electrons. The minimum Gasteiger partial charge on any atom is -0.490 e. The summed E-state index contributed by atoms with van der Waals surface area (Å²) in [6.07, 6.45) is 1.44. The molecule has 0 saturated heterocycles. The van der Waals surface area contributed by atoms with Gasteiger partial charge in [0.2, 0.25) is 11.0 Å². The number of benzene rings is 3. The molecule has 0 fully saturated rings. The number of ether oxygens (including phenoxy) is 2. The van der Waals surface area contributed by atoms with E-state index >= 15 is 0 Å². The topological polar surface area (TPSA) is 139 Å². The number of anilines is 1. The Morgan fingerprint density at radius 3 is 2.62 bits per heavy atom. The molecule has 40 heavy (non-hydrogen) atoms. The first-order valence-electron chi connectivity index (χ1n) is 12.3. The maximum Gasteiger partial charge on any atom is 0.257 e. The Morgan fingerprint density at radius 2 is 1.85 bits per heavy atom. The molecule has 0 spiro atoms. The van der Waals surface area contributed by atoms with Crippen LogP contribution < -0.4 is 20.2 Å². The van der Waals surface area contributed by atoms with Crippen molar-refractivity contribution in [1.29, 1.82) is 5.26 Å². The van der Waals surface area contributed by atoms with Crippen LogP contribution in [0.4, 0.5) is 5.13 Å². The van der Waals surface area contributed by atoms with Crippen LogP contribution in [-0.4, -0.2) is 34.8 Å². The van der Waals surface area contributed by atoms with Gasteiger partial charge in [0.1, 0.15) is 11.6 Å². The molecule has 1 aromatic heterocycles. The van der Waals surface area contributed by atoms with Crippen molar-refractivity contribution in [2.75, 3.05) is 11.9 Å². The Hall–Kier alpha value is -5.08. The van der Waals surface area contributed by atoms with Crippen molar-refractivity contribution < 1.29 is 19.1 Å². The second-order valence-corrected chi connectivity index (χ2v) is 9.55. The number of hydrogen-bond donors (Lipinski definition) is 2. The molecule has 0 bridgehead atoms. The molecule has 3 aromatic carbocycles. The highest BCUT2D eigenvalue weighted by molar-refractivity contribution is 7.15. The number of hydrogen-bond acceptors (Lipinski definition) is 9. The van der Waals surface area contributed by atoms with E-state index in [2.05, 4.69) is 32.1 Å². The molecular formula is C29H26N6O4S. The van der Waals surface area contributed by atoms with E-state index in [1.165, 1.54) is 6.21 Å². The SMILES string of the molecule is CCOc1cc(C=NNC(=O)Cc2nnc(NC(=O)c3ccc(C)cc3)s2)ccc1OCc1ccccc1C#N. The maximum atomic E-state index is 12.3. The van der Waals surface area contributed by atoms with E-state index in [9.17, 15) is 14.9 Å². The van der Waals surface area contributed by atoms with Crippen LogP contribution >= 0.6 is 11.3 Å². The number of nitrogens with zero attached hydrogens (tertiary/aromatic N) is 4. The predicted molar refractivity (Wildman–Crippen MR) is 152 cm³/mol. The zero-order valence-electron chi connectivity index (χ0n) is 21.9. The van der Waals surface area contributed by atoms with Gasteiger partial charge in [0.05, 0.1) is 30.9 Å². The quantitative estimate of drug-likeness (QED) is 0.203. The molecule has 2 N–H and O–H groups in total. The molecule has 2 amide bonds. The zero-order valence-corrected chi connectivity index (χ0v) is 22.7. The number of nitriles is 1. The van der Waals surface area contributed by atoms with Crippen LogP contribution in [0.1, 0.15) is 44.5 Å². The second-order valence-electron chi connectivity index (χ2n) is 8.49. The van der Waals surface area contributed by atoms with E-state index in [-0.39, 0.29) is 24.8 Å². The predicted octanol–water partition coefficient (Wildman–Crippen LogP) is 4.64. The first-order chi connectivity index (χ1) is 19.4. The first kappa shape index (κ1) is 27.9.